The molecule has 1 aliphatic carbocycles. The second kappa shape index (κ2) is 8.88. The number of ether oxygens (including phenoxy) is 1. The van der Waals surface area contributed by atoms with Gasteiger partial charge in [-0.05, 0) is 50.8 Å². The molecule has 0 spiro atoms. The lowest BCUT2D eigenvalue weighted by molar-refractivity contribution is -0.150. The largest absolute Gasteiger partial charge is 0.454 e. The van der Waals surface area contributed by atoms with Gasteiger partial charge in [-0.3, -0.25) is 9.59 Å². The number of esters is 1. The summed E-state index contributed by atoms with van der Waals surface area (Å²) in [5, 5.41) is 2.00. The van der Waals surface area contributed by atoms with E-state index in [0.717, 1.165) is 31.9 Å². The van der Waals surface area contributed by atoms with E-state index >= 15 is 0 Å². The molecule has 0 radical (unpaired) electrons. The van der Waals surface area contributed by atoms with E-state index < -0.39 is 56.2 Å². The molecule has 7 nitrogen and oxygen atoms in total. The lowest BCUT2D eigenvalue weighted by Crippen LogP contribution is -2.42. The van der Waals surface area contributed by atoms with Gasteiger partial charge in [0.15, 0.2) is 6.61 Å². The first-order chi connectivity index (χ1) is 13.3. The Balaban J connectivity index is 1.96. The molecular formula is C17H20ClF3N2O5S. The minimum Gasteiger partial charge on any atom is -0.454 e. The zero-order valence-electron chi connectivity index (χ0n) is 15.5. The Hall–Kier alpha value is -1.85. The van der Waals surface area contributed by atoms with Crippen LogP contribution in [0.5, 0.6) is 0 Å². The lowest BCUT2D eigenvalue weighted by Gasteiger charge is -2.16. The van der Waals surface area contributed by atoms with Crippen LogP contribution >= 0.6 is 11.6 Å². The average molecular weight is 457 g/mol. The number of benzene rings is 1. The SMILES string of the molecule is C[C@@H](NS(=O)(=O)c1ccc(Cl)c(C(F)(F)F)c1)C(=O)OCC(=O)N[C@H](C)C1CC1. The van der Waals surface area contributed by atoms with Crippen LogP contribution in [-0.4, -0.2) is 39.0 Å². The molecule has 2 rings (SSSR count). The molecule has 1 aliphatic rings. The Bertz CT molecular complexity index is 888. The maximum absolute atomic E-state index is 12.9. The number of carbonyl (C=O) groups is 2. The van der Waals surface area contributed by atoms with Crippen LogP contribution in [0.4, 0.5) is 13.2 Å². The topological polar surface area (TPSA) is 102 Å². The van der Waals surface area contributed by atoms with Gasteiger partial charge in [0.1, 0.15) is 6.04 Å². The van der Waals surface area contributed by atoms with E-state index in [-0.39, 0.29) is 6.04 Å². The van der Waals surface area contributed by atoms with Crippen LogP contribution in [0.15, 0.2) is 23.1 Å². The standard InChI is InChI=1S/C17H20ClF3N2O5S/c1-9(11-3-4-11)22-15(24)8-28-16(25)10(2)23-29(26,27)12-5-6-14(18)13(7-12)17(19,20)21/h5-7,9-11,23H,3-4,8H2,1-2H3,(H,22,24)/t9-,10-/m1/s1. The van der Waals surface area contributed by atoms with Gasteiger partial charge in [-0.2, -0.15) is 17.9 Å². The molecule has 0 unspecified atom stereocenters. The van der Waals surface area contributed by atoms with Crippen LogP contribution in [0.1, 0.15) is 32.3 Å². The second-order valence-corrected chi connectivity index (χ2v) is 8.90. The van der Waals surface area contributed by atoms with E-state index in [9.17, 15) is 31.2 Å². The number of halogens is 4. The first-order valence-corrected chi connectivity index (χ1v) is 10.5. The zero-order chi connectivity index (χ0) is 22.0. The van der Waals surface area contributed by atoms with Crippen molar-refractivity contribution >= 4 is 33.5 Å². The number of sulfonamides is 1. The lowest BCUT2D eigenvalue weighted by atomic mass is 10.2. The van der Waals surface area contributed by atoms with Gasteiger partial charge in [0.05, 0.1) is 15.5 Å². The van der Waals surface area contributed by atoms with E-state index in [0.29, 0.717) is 12.0 Å². The summed E-state index contributed by atoms with van der Waals surface area (Å²) in [5.41, 5.74) is -1.32. The van der Waals surface area contributed by atoms with Crippen molar-refractivity contribution in [1.29, 1.82) is 0 Å². The van der Waals surface area contributed by atoms with Crippen molar-refractivity contribution in [2.75, 3.05) is 6.61 Å². The molecule has 29 heavy (non-hydrogen) atoms. The Labute approximate surface area is 171 Å². The summed E-state index contributed by atoms with van der Waals surface area (Å²) in [6.07, 6.45) is -2.82. The highest BCUT2D eigenvalue weighted by atomic mass is 35.5. The van der Waals surface area contributed by atoms with Crippen LogP contribution < -0.4 is 10.0 Å². The number of hydrogen-bond donors (Lipinski definition) is 2. The van der Waals surface area contributed by atoms with Gasteiger partial charge in [0, 0.05) is 6.04 Å². The molecule has 2 N–H and O–H groups in total. The van der Waals surface area contributed by atoms with Crippen molar-refractivity contribution in [3.8, 4) is 0 Å². The Morgan fingerprint density at radius 3 is 2.45 bits per heavy atom. The number of nitrogens with one attached hydrogen (secondary N) is 2. The summed E-state index contributed by atoms with van der Waals surface area (Å²) in [5.74, 6) is -1.17. The number of alkyl halides is 3. The molecule has 12 heteroatoms. The van der Waals surface area contributed by atoms with E-state index in [1.54, 1.807) is 0 Å². The molecule has 1 fully saturated rings. The second-order valence-electron chi connectivity index (χ2n) is 6.78. The molecule has 2 atom stereocenters. The van der Waals surface area contributed by atoms with Crippen LogP contribution in [-0.2, 0) is 30.5 Å². The molecule has 0 saturated heterocycles. The van der Waals surface area contributed by atoms with Crippen molar-refractivity contribution in [1.82, 2.24) is 10.0 Å². The molecule has 1 amide bonds. The van der Waals surface area contributed by atoms with E-state index in [1.165, 1.54) is 0 Å². The smallest absolute Gasteiger partial charge is 0.417 e. The van der Waals surface area contributed by atoms with E-state index in [2.05, 4.69) is 5.32 Å². The summed E-state index contributed by atoms with van der Waals surface area (Å²) in [4.78, 5) is 23.0. The average Bonchev–Trinajstić information content (AvgIpc) is 3.43. The summed E-state index contributed by atoms with van der Waals surface area (Å²) >= 11 is 5.47. The third kappa shape index (κ3) is 6.58. The highest BCUT2D eigenvalue weighted by Crippen LogP contribution is 2.36. The summed E-state index contributed by atoms with van der Waals surface area (Å²) in [6, 6.07) is 0.566. The normalized spacial score (nSPS) is 16.8. The fourth-order valence-electron chi connectivity index (χ4n) is 2.51. The minimum absolute atomic E-state index is 0.0511. The predicted octanol–water partition coefficient (Wildman–Crippen LogP) is 2.48. The first-order valence-electron chi connectivity index (χ1n) is 8.66. The number of hydrogen-bond acceptors (Lipinski definition) is 5. The maximum atomic E-state index is 12.9. The molecule has 0 bridgehead atoms. The van der Waals surface area contributed by atoms with Gasteiger partial charge in [-0.25, -0.2) is 8.42 Å². The molecule has 0 aliphatic heterocycles. The fourth-order valence-corrected chi connectivity index (χ4v) is 3.95. The number of rotatable bonds is 8. The summed E-state index contributed by atoms with van der Waals surface area (Å²) < 4.78 is 70.0. The molecule has 1 aromatic rings. The van der Waals surface area contributed by atoms with Crippen LogP contribution in [0.3, 0.4) is 0 Å². The zero-order valence-corrected chi connectivity index (χ0v) is 17.1. The summed E-state index contributed by atoms with van der Waals surface area (Å²) in [6.45, 7) is 2.38. The van der Waals surface area contributed by atoms with Gasteiger partial charge in [-0.1, -0.05) is 11.6 Å². The Morgan fingerprint density at radius 2 is 1.90 bits per heavy atom. The third-order valence-electron chi connectivity index (χ3n) is 4.30. The Kier molecular flexibility index (Phi) is 7.18. The van der Waals surface area contributed by atoms with E-state index in [4.69, 9.17) is 16.3 Å². The van der Waals surface area contributed by atoms with Crippen LogP contribution in [0, 0.1) is 5.92 Å². The molecule has 1 aromatic carbocycles. The number of carbonyl (C=O) groups excluding carboxylic acids is 2. The van der Waals surface area contributed by atoms with Gasteiger partial charge in [-0.15, -0.1) is 0 Å². The van der Waals surface area contributed by atoms with Crippen molar-refractivity contribution in [3.63, 3.8) is 0 Å². The van der Waals surface area contributed by atoms with Gasteiger partial charge < -0.3 is 10.1 Å². The number of amides is 1. The van der Waals surface area contributed by atoms with Crippen molar-refractivity contribution in [2.24, 2.45) is 5.92 Å². The summed E-state index contributed by atoms with van der Waals surface area (Å²) in [7, 11) is -4.47. The first kappa shape index (κ1) is 23.4. The van der Waals surface area contributed by atoms with Crippen molar-refractivity contribution in [3.05, 3.63) is 28.8 Å². The quantitative estimate of drug-likeness (QED) is 0.585. The monoisotopic (exact) mass is 456 g/mol. The van der Waals surface area contributed by atoms with E-state index in [1.807, 2.05) is 11.6 Å². The predicted molar refractivity (Wildman–Crippen MR) is 97.5 cm³/mol. The van der Waals surface area contributed by atoms with Crippen LogP contribution in [0.2, 0.25) is 5.02 Å². The molecule has 0 heterocycles. The van der Waals surface area contributed by atoms with Gasteiger partial charge >= 0.3 is 12.1 Å². The van der Waals surface area contributed by atoms with Crippen molar-refractivity contribution in [2.45, 2.75) is 49.8 Å². The molecule has 162 valence electrons. The van der Waals surface area contributed by atoms with Gasteiger partial charge in [0.25, 0.3) is 5.91 Å². The van der Waals surface area contributed by atoms with Crippen molar-refractivity contribution < 1.29 is 35.9 Å². The minimum atomic E-state index is -4.85. The Morgan fingerprint density at radius 1 is 1.28 bits per heavy atom. The van der Waals surface area contributed by atoms with Gasteiger partial charge in [0.2, 0.25) is 10.0 Å². The highest BCUT2D eigenvalue weighted by molar-refractivity contribution is 7.89. The third-order valence-corrected chi connectivity index (χ3v) is 6.17. The molecule has 0 aromatic heterocycles. The fraction of sp³-hybridized carbons (Fsp3) is 0.529. The highest BCUT2D eigenvalue weighted by Gasteiger charge is 2.35. The molecule has 1 saturated carbocycles. The maximum Gasteiger partial charge on any atom is 0.417 e. The molecular weight excluding hydrogens is 437 g/mol. The van der Waals surface area contributed by atoms with Crippen LogP contribution in [0.25, 0.3) is 0 Å².